The Morgan fingerprint density at radius 2 is 2.24 bits per heavy atom. The lowest BCUT2D eigenvalue weighted by molar-refractivity contribution is 0.0925. The summed E-state index contributed by atoms with van der Waals surface area (Å²) in [5, 5.41) is 3.96. The lowest BCUT2D eigenvalue weighted by Gasteiger charge is -2.21. The van der Waals surface area contributed by atoms with Crippen molar-refractivity contribution in [2.45, 2.75) is 33.2 Å². The number of carbonyl (C=O) groups is 1. The van der Waals surface area contributed by atoms with Gasteiger partial charge in [0.05, 0.1) is 0 Å². The van der Waals surface area contributed by atoms with Crippen LogP contribution in [0, 0.1) is 12.8 Å². The molecule has 3 nitrogen and oxygen atoms in total. The zero-order valence-corrected chi connectivity index (χ0v) is 12.1. The van der Waals surface area contributed by atoms with Crippen molar-refractivity contribution in [2.75, 3.05) is 5.33 Å². The number of halogens is 1. The molecule has 0 aromatic carbocycles. The summed E-state index contributed by atoms with van der Waals surface area (Å²) in [4.78, 5) is 16.1. The van der Waals surface area contributed by atoms with Crippen LogP contribution in [0.5, 0.6) is 0 Å². The van der Waals surface area contributed by atoms with Crippen LogP contribution >= 0.6 is 15.9 Å². The Morgan fingerprint density at radius 3 is 2.76 bits per heavy atom. The Bertz CT molecular complexity index is 379. The number of aryl methyl sites for hydroxylation is 1. The van der Waals surface area contributed by atoms with Crippen molar-refractivity contribution in [3.05, 3.63) is 29.6 Å². The monoisotopic (exact) mass is 298 g/mol. The molecule has 1 unspecified atom stereocenters. The summed E-state index contributed by atoms with van der Waals surface area (Å²) in [5.41, 5.74) is 1.54. The van der Waals surface area contributed by atoms with Gasteiger partial charge in [0.25, 0.3) is 5.91 Å². The minimum Gasteiger partial charge on any atom is -0.349 e. The fourth-order valence-corrected chi connectivity index (χ4v) is 2.12. The van der Waals surface area contributed by atoms with Gasteiger partial charge in [-0.25, -0.2) is 0 Å². The van der Waals surface area contributed by atoms with Gasteiger partial charge in [0, 0.05) is 28.8 Å². The van der Waals surface area contributed by atoms with Crippen molar-refractivity contribution < 1.29 is 4.79 Å². The van der Waals surface area contributed by atoms with Crippen molar-refractivity contribution in [3.63, 3.8) is 0 Å². The van der Waals surface area contributed by atoms with Gasteiger partial charge in [-0.05, 0) is 31.4 Å². The first kappa shape index (κ1) is 14.2. The maximum Gasteiger partial charge on any atom is 0.251 e. The topological polar surface area (TPSA) is 42.0 Å². The van der Waals surface area contributed by atoms with Gasteiger partial charge in [-0.2, -0.15) is 0 Å². The average Bonchev–Trinajstić information content (AvgIpc) is 2.28. The van der Waals surface area contributed by atoms with Crippen LogP contribution in [0.1, 0.15) is 36.3 Å². The van der Waals surface area contributed by atoms with Crippen molar-refractivity contribution in [2.24, 2.45) is 5.92 Å². The molecule has 1 rings (SSSR count). The Hall–Kier alpha value is -0.900. The van der Waals surface area contributed by atoms with E-state index in [2.05, 4.69) is 40.1 Å². The molecule has 0 spiro atoms. The molecule has 0 radical (unpaired) electrons. The molecule has 4 heteroatoms. The lowest BCUT2D eigenvalue weighted by Crippen LogP contribution is -2.38. The standard InChI is InChI=1S/C13H19BrN2O/c1-9(2)12(4-6-14)16-13(17)11-5-7-15-10(3)8-11/h5,7-9,12H,4,6H2,1-3H3,(H,16,17). The fourth-order valence-electron chi connectivity index (χ4n) is 1.63. The molecule has 0 saturated heterocycles. The predicted octanol–water partition coefficient (Wildman–Crippen LogP) is 2.93. The molecule has 0 fully saturated rings. The van der Waals surface area contributed by atoms with E-state index in [1.165, 1.54) is 0 Å². The largest absolute Gasteiger partial charge is 0.349 e. The van der Waals surface area contributed by atoms with E-state index in [-0.39, 0.29) is 11.9 Å². The van der Waals surface area contributed by atoms with E-state index in [0.717, 1.165) is 17.4 Å². The number of alkyl halides is 1. The summed E-state index contributed by atoms with van der Waals surface area (Å²) in [6.45, 7) is 6.12. The smallest absolute Gasteiger partial charge is 0.251 e. The number of hydrogen-bond acceptors (Lipinski definition) is 2. The molecular formula is C13H19BrN2O. The van der Waals surface area contributed by atoms with E-state index in [1.54, 1.807) is 18.3 Å². The van der Waals surface area contributed by atoms with Gasteiger partial charge in [0.15, 0.2) is 0 Å². The second kappa shape index (κ2) is 6.74. The van der Waals surface area contributed by atoms with Crippen molar-refractivity contribution >= 4 is 21.8 Å². The summed E-state index contributed by atoms with van der Waals surface area (Å²) < 4.78 is 0. The third kappa shape index (κ3) is 4.46. The van der Waals surface area contributed by atoms with E-state index in [9.17, 15) is 4.79 Å². The van der Waals surface area contributed by atoms with Crippen LogP contribution in [0.4, 0.5) is 0 Å². The molecule has 1 amide bonds. The van der Waals surface area contributed by atoms with E-state index >= 15 is 0 Å². The van der Waals surface area contributed by atoms with Crippen LogP contribution in [0.25, 0.3) is 0 Å². The Labute approximate surface area is 111 Å². The van der Waals surface area contributed by atoms with Crippen LogP contribution < -0.4 is 5.32 Å². The summed E-state index contributed by atoms with van der Waals surface area (Å²) in [7, 11) is 0. The first-order valence-corrected chi connectivity index (χ1v) is 6.96. The van der Waals surface area contributed by atoms with Crippen LogP contribution in [-0.2, 0) is 0 Å². The van der Waals surface area contributed by atoms with Crippen LogP contribution in [0.2, 0.25) is 0 Å². The molecule has 0 aliphatic carbocycles. The predicted molar refractivity (Wildman–Crippen MR) is 73.5 cm³/mol. The maximum atomic E-state index is 12.0. The van der Waals surface area contributed by atoms with Crippen molar-refractivity contribution in [1.29, 1.82) is 0 Å². The molecule has 94 valence electrons. The lowest BCUT2D eigenvalue weighted by atomic mass is 10.0. The van der Waals surface area contributed by atoms with Crippen LogP contribution in [0.15, 0.2) is 18.3 Å². The average molecular weight is 299 g/mol. The third-order valence-corrected chi connectivity index (χ3v) is 3.16. The van der Waals surface area contributed by atoms with Gasteiger partial charge < -0.3 is 5.32 Å². The molecule has 17 heavy (non-hydrogen) atoms. The number of pyridine rings is 1. The number of hydrogen-bond donors (Lipinski definition) is 1. The molecule has 0 saturated carbocycles. The summed E-state index contributed by atoms with van der Waals surface area (Å²) in [6, 6.07) is 3.75. The maximum absolute atomic E-state index is 12.0. The normalized spacial score (nSPS) is 12.5. The highest BCUT2D eigenvalue weighted by molar-refractivity contribution is 9.09. The molecular weight excluding hydrogens is 280 g/mol. The van der Waals surface area contributed by atoms with Gasteiger partial charge in [-0.1, -0.05) is 29.8 Å². The van der Waals surface area contributed by atoms with E-state index in [1.807, 2.05) is 6.92 Å². The molecule has 1 atom stereocenters. The Balaban J connectivity index is 2.70. The molecule has 1 N–H and O–H groups in total. The van der Waals surface area contributed by atoms with Crippen LogP contribution in [-0.4, -0.2) is 22.3 Å². The summed E-state index contributed by atoms with van der Waals surface area (Å²) >= 11 is 3.41. The third-order valence-electron chi connectivity index (χ3n) is 2.70. The van der Waals surface area contributed by atoms with Crippen molar-refractivity contribution in [3.8, 4) is 0 Å². The van der Waals surface area contributed by atoms with Gasteiger partial charge in [0.2, 0.25) is 0 Å². The number of amides is 1. The van der Waals surface area contributed by atoms with Crippen molar-refractivity contribution in [1.82, 2.24) is 10.3 Å². The van der Waals surface area contributed by atoms with Crippen LogP contribution in [0.3, 0.4) is 0 Å². The van der Waals surface area contributed by atoms with E-state index in [4.69, 9.17) is 0 Å². The van der Waals surface area contributed by atoms with Gasteiger partial charge in [0.1, 0.15) is 0 Å². The van der Waals surface area contributed by atoms with Gasteiger partial charge >= 0.3 is 0 Å². The zero-order valence-electron chi connectivity index (χ0n) is 10.5. The Morgan fingerprint density at radius 1 is 1.53 bits per heavy atom. The van der Waals surface area contributed by atoms with E-state index < -0.39 is 0 Å². The number of carbonyl (C=O) groups excluding carboxylic acids is 1. The van der Waals surface area contributed by atoms with E-state index in [0.29, 0.717) is 11.5 Å². The Kier molecular flexibility index (Phi) is 5.62. The minimum absolute atomic E-state index is 0.0184. The molecule has 0 aliphatic rings. The van der Waals surface area contributed by atoms with Gasteiger partial charge in [-0.3, -0.25) is 9.78 Å². The number of aromatic nitrogens is 1. The SMILES string of the molecule is Cc1cc(C(=O)NC(CCBr)C(C)C)ccn1. The summed E-state index contributed by atoms with van der Waals surface area (Å²) in [5.74, 6) is 0.412. The van der Waals surface area contributed by atoms with Gasteiger partial charge in [-0.15, -0.1) is 0 Å². The highest BCUT2D eigenvalue weighted by Crippen LogP contribution is 2.09. The first-order valence-electron chi connectivity index (χ1n) is 5.84. The molecule has 1 aromatic heterocycles. The number of nitrogens with zero attached hydrogens (tertiary/aromatic N) is 1. The highest BCUT2D eigenvalue weighted by atomic mass is 79.9. The summed E-state index contributed by atoms with van der Waals surface area (Å²) in [6.07, 6.45) is 2.60. The quantitative estimate of drug-likeness (QED) is 0.849. The molecule has 1 aromatic rings. The second-order valence-corrected chi connectivity index (χ2v) is 5.28. The first-order chi connectivity index (χ1) is 8.04. The second-order valence-electron chi connectivity index (χ2n) is 4.49. The fraction of sp³-hybridized carbons (Fsp3) is 0.538. The molecule has 1 heterocycles. The minimum atomic E-state index is -0.0184. The molecule has 0 bridgehead atoms. The number of rotatable bonds is 5. The highest BCUT2D eigenvalue weighted by Gasteiger charge is 2.16. The zero-order chi connectivity index (χ0) is 12.8. The molecule has 0 aliphatic heterocycles. The number of nitrogens with one attached hydrogen (secondary N) is 1.